The quantitative estimate of drug-likeness (QED) is 0.439. The van der Waals surface area contributed by atoms with Crippen molar-refractivity contribution in [3.63, 3.8) is 0 Å². The van der Waals surface area contributed by atoms with Crippen LogP contribution in [0.15, 0.2) is 0 Å². The Labute approximate surface area is 161 Å². The van der Waals surface area contributed by atoms with Gasteiger partial charge in [0, 0.05) is 4.75 Å². The van der Waals surface area contributed by atoms with E-state index in [9.17, 15) is 56.0 Å². The molecule has 0 amide bonds. The van der Waals surface area contributed by atoms with E-state index in [4.69, 9.17) is 0 Å². The minimum atomic E-state index is -7.45. The molecule has 0 aromatic heterocycles. The minimum Gasteiger partial charge on any atom is -0.260 e. The van der Waals surface area contributed by atoms with Gasteiger partial charge in [0.25, 0.3) is 0 Å². The van der Waals surface area contributed by atoms with Crippen molar-refractivity contribution in [1.29, 1.82) is 0 Å². The van der Waals surface area contributed by atoms with Crippen LogP contribution in [0.3, 0.4) is 0 Å². The Morgan fingerprint density at radius 3 is 1.41 bits per heavy atom. The van der Waals surface area contributed by atoms with Crippen LogP contribution in [-0.4, -0.2) is 46.7 Å². The molecule has 6 nitrogen and oxygen atoms in total. The van der Waals surface area contributed by atoms with E-state index in [2.05, 4.69) is 0 Å². The van der Waals surface area contributed by atoms with Gasteiger partial charge < -0.3 is 0 Å². The number of alkyl halides is 7. The van der Waals surface area contributed by atoms with Crippen molar-refractivity contribution in [3.05, 3.63) is 3.91 Å². The van der Waals surface area contributed by atoms with Gasteiger partial charge in [-0.25, -0.2) is 4.39 Å². The Morgan fingerprint density at radius 2 is 1.10 bits per heavy atom. The van der Waals surface area contributed by atoms with E-state index in [-0.39, 0.29) is 19.3 Å². The zero-order chi connectivity index (χ0) is 22.5. The van der Waals surface area contributed by atoms with Crippen molar-refractivity contribution in [2.45, 2.75) is 60.0 Å². The van der Waals surface area contributed by atoms with Crippen LogP contribution < -0.4 is 0 Å². The molecular formula is C13H14F7O6S3-. The fraction of sp³-hybridized carbons (Fsp3) is 0.923. The van der Waals surface area contributed by atoms with Gasteiger partial charge in [-0.05, 0) is 50.4 Å². The van der Waals surface area contributed by atoms with Crippen LogP contribution in [-0.2, 0) is 29.5 Å². The number of sulfone groups is 3. The van der Waals surface area contributed by atoms with Gasteiger partial charge in [0.05, 0.1) is 13.8 Å². The Balaban J connectivity index is 2.27. The van der Waals surface area contributed by atoms with E-state index >= 15 is 0 Å². The maximum Gasteiger partial charge on any atom is 0.470 e. The number of halogens is 7. The van der Waals surface area contributed by atoms with Crippen LogP contribution in [0.4, 0.5) is 30.7 Å². The lowest BCUT2D eigenvalue weighted by Gasteiger charge is -2.60. The summed E-state index contributed by atoms with van der Waals surface area (Å²) < 4.78 is 160. The molecule has 2 atom stereocenters. The van der Waals surface area contributed by atoms with Crippen molar-refractivity contribution in [3.8, 4) is 0 Å². The van der Waals surface area contributed by atoms with Crippen LogP contribution >= 0.6 is 0 Å². The molecule has 0 spiro atoms. The highest BCUT2D eigenvalue weighted by Gasteiger charge is 2.67. The Kier molecular flexibility index (Phi) is 4.75. The number of hydrogen-bond donors (Lipinski definition) is 0. The first-order chi connectivity index (χ1) is 12.7. The molecule has 4 bridgehead atoms. The standard InChI is InChI=1S/C13H14F7O6S3/c14-10-2-7-1-8(3-10)5-11(4-7,6-10)27(21,22)9(28(23,24)12(15,16)17)29(25,26)13(18,19)20/h7-8H,1-6H2/q-1. The molecule has 4 fully saturated rings. The second kappa shape index (κ2) is 5.99. The molecule has 0 heterocycles. The molecule has 0 aliphatic heterocycles. The molecule has 0 aromatic rings. The first kappa shape index (κ1) is 23.0. The molecule has 0 N–H and O–H groups in total. The van der Waals surface area contributed by atoms with Gasteiger partial charge in [0.1, 0.15) is 5.67 Å². The molecule has 0 aromatic carbocycles. The van der Waals surface area contributed by atoms with Crippen molar-refractivity contribution >= 4 is 29.5 Å². The topological polar surface area (TPSA) is 102 Å². The predicted octanol–water partition coefficient (Wildman–Crippen LogP) is 2.78. The maximum atomic E-state index is 15.0. The Hall–Kier alpha value is -0.640. The summed E-state index contributed by atoms with van der Waals surface area (Å²) in [6.45, 7) is 0. The molecule has 29 heavy (non-hydrogen) atoms. The molecule has 0 saturated heterocycles. The number of rotatable bonds is 4. The largest absolute Gasteiger partial charge is 0.470 e. The molecule has 2 unspecified atom stereocenters. The summed E-state index contributed by atoms with van der Waals surface area (Å²) in [5.41, 5.74) is -15.5. The van der Waals surface area contributed by atoms with E-state index in [0.717, 1.165) is 0 Å². The van der Waals surface area contributed by atoms with Crippen molar-refractivity contribution in [2.75, 3.05) is 0 Å². The summed E-state index contributed by atoms with van der Waals surface area (Å²) in [4.78, 5) is 0. The SMILES string of the molecule is O=S(=O)([C-](S(=O)(=O)C(F)(F)F)S(=O)(=O)C12CC3CC(CC(F)(C3)C1)C2)C(F)(F)F. The summed E-state index contributed by atoms with van der Waals surface area (Å²) in [6, 6.07) is 0. The lowest BCUT2D eigenvalue weighted by atomic mass is 9.54. The van der Waals surface area contributed by atoms with E-state index in [1.54, 1.807) is 0 Å². The summed E-state index contributed by atoms with van der Waals surface area (Å²) >= 11 is 0. The van der Waals surface area contributed by atoms with Crippen molar-refractivity contribution < 1.29 is 56.0 Å². The fourth-order valence-electron chi connectivity index (χ4n) is 5.18. The first-order valence-electron chi connectivity index (χ1n) is 8.12. The second-order valence-electron chi connectivity index (χ2n) is 7.95. The van der Waals surface area contributed by atoms with Crippen molar-refractivity contribution in [2.24, 2.45) is 11.8 Å². The van der Waals surface area contributed by atoms with Gasteiger partial charge in [-0.2, -0.15) is 26.3 Å². The first-order valence-corrected chi connectivity index (χ1v) is 12.6. The third kappa shape index (κ3) is 3.18. The zero-order valence-corrected chi connectivity index (χ0v) is 16.7. The molecule has 4 rings (SSSR count). The second-order valence-corrected chi connectivity index (χ2v) is 14.8. The van der Waals surface area contributed by atoms with E-state index in [1.807, 2.05) is 0 Å². The van der Waals surface area contributed by atoms with E-state index in [1.165, 1.54) is 0 Å². The molecule has 16 heteroatoms. The van der Waals surface area contributed by atoms with Crippen molar-refractivity contribution in [1.82, 2.24) is 0 Å². The fourth-order valence-corrected chi connectivity index (χ4v) is 12.9. The van der Waals surface area contributed by atoms with E-state index in [0.29, 0.717) is 0 Å². The average molecular weight is 495 g/mol. The highest BCUT2D eigenvalue weighted by Crippen LogP contribution is 2.64. The highest BCUT2D eigenvalue weighted by atomic mass is 32.3. The van der Waals surface area contributed by atoms with Gasteiger partial charge in [0.15, 0.2) is 19.7 Å². The minimum absolute atomic E-state index is 0.172. The Morgan fingerprint density at radius 1 is 0.724 bits per heavy atom. The molecule has 0 radical (unpaired) electrons. The molecule has 170 valence electrons. The lowest BCUT2D eigenvalue weighted by molar-refractivity contribution is -0.0621. The third-order valence-corrected chi connectivity index (χ3v) is 13.9. The van der Waals surface area contributed by atoms with E-state index < -0.39 is 86.0 Å². The Bertz CT molecular complexity index is 968. The van der Waals surface area contributed by atoms with Crippen LogP contribution in [0.1, 0.15) is 38.5 Å². The molecule has 4 saturated carbocycles. The molecular weight excluding hydrogens is 481 g/mol. The van der Waals surface area contributed by atoms with Gasteiger partial charge in [0.2, 0.25) is 0 Å². The molecule has 4 aliphatic rings. The summed E-state index contributed by atoms with van der Waals surface area (Å²) in [6.07, 6.45) is -2.35. The molecule has 4 aliphatic carbocycles. The zero-order valence-electron chi connectivity index (χ0n) is 14.2. The third-order valence-electron chi connectivity index (χ3n) is 5.77. The van der Waals surface area contributed by atoms with Gasteiger partial charge in [-0.1, -0.05) is 0 Å². The van der Waals surface area contributed by atoms with Crippen LogP contribution in [0.25, 0.3) is 0 Å². The van der Waals surface area contributed by atoms with Crippen LogP contribution in [0.2, 0.25) is 0 Å². The predicted molar refractivity (Wildman–Crippen MR) is 83.4 cm³/mol. The smallest absolute Gasteiger partial charge is 0.260 e. The summed E-state index contributed by atoms with van der Waals surface area (Å²) in [7, 11) is -21.2. The average Bonchev–Trinajstić information content (AvgIpc) is 2.40. The summed E-state index contributed by atoms with van der Waals surface area (Å²) in [5.74, 6) is -1.45. The monoisotopic (exact) mass is 495 g/mol. The van der Waals surface area contributed by atoms with Gasteiger partial charge in [-0.15, -0.1) is 0 Å². The van der Waals surface area contributed by atoms with Crippen LogP contribution in [0, 0.1) is 15.7 Å². The van der Waals surface area contributed by atoms with Gasteiger partial charge in [-0.3, -0.25) is 25.3 Å². The lowest BCUT2D eigenvalue weighted by Crippen LogP contribution is -2.62. The maximum absolute atomic E-state index is 15.0. The van der Waals surface area contributed by atoms with Crippen LogP contribution in [0.5, 0.6) is 0 Å². The van der Waals surface area contributed by atoms with Gasteiger partial charge >= 0.3 is 11.0 Å². The summed E-state index contributed by atoms with van der Waals surface area (Å²) in [5, 5.41) is 0. The highest BCUT2D eigenvalue weighted by molar-refractivity contribution is 8.29. The number of hydrogen-bond acceptors (Lipinski definition) is 6. The normalized spacial score (nSPS) is 36.0.